The van der Waals surface area contributed by atoms with E-state index in [0.717, 1.165) is 21.6 Å². The van der Waals surface area contributed by atoms with Crippen molar-refractivity contribution in [3.63, 3.8) is 0 Å². The second kappa shape index (κ2) is 14.5. The van der Waals surface area contributed by atoms with Crippen molar-refractivity contribution < 1.29 is 28.7 Å². The van der Waals surface area contributed by atoms with Gasteiger partial charge >= 0.3 is 12.1 Å². The predicted octanol–water partition coefficient (Wildman–Crippen LogP) is 5.14. The van der Waals surface area contributed by atoms with Gasteiger partial charge in [0.25, 0.3) is 5.91 Å². The molecule has 0 aliphatic carbocycles. The van der Waals surface area contributed by atoms with E-state index >= 15 is 0 Å². The number of rotatable bonds is 10. The van der Waals surface area contributed by atoms with E-state index < -0.39 is 35.5 Å². The van der Waals surface area contributed by atoms with Crippen molar-refractivity contribution in [3.05, 3.63) is 94.5 Å². The highest BCUT2D eigenvalue weighted by Gasteiger charge is 2.27. The zero-order valence-corrected chi connectivity index (χ0v) is 25.2. The number of benzene rings is 3. The molecular weight excluding hydrogens is 558 g/mol. The minimum absolute atomic E-state index is 0.0209. The molecule has 0 spiro atoms. The van der Waals surface area contributed by atoms with E-state index in [1.807, 2.05) is 54.6 Å². The first kappa shape index (κ1) is 32.1. The Kier molecular flexibility index (Phi) is 11.1. The van der Waals surface area contributed by atoms with E-state index in [1.165, 1.54) is 7.05 Å². The Hall–Kier alpha value is -4.37. The molecule has 0 aliphatic rings. The number of carbonyl (C=O) groups excluding carboxylic acids is 4. The Bertz CT molecular complexity index is 1380. The fourth-order valence-electron chi connectivity index (χ4n) is 3.97. The Labute approximate surface area is 251 Å². The van der Waals surface area contributed by atoms with Crippen molar-refractivity contribution in [2.45, 2.75) is 45.9 Å². The molecule has 0 saturated heterocycles. The maximum atomic E-state index is 13.4. The summed E-state index contributed by atoms with van der Waals surface area (Å²) in [5.41, 5.74) is 2.63. The average molecular weight is 594 g/mol. The number of nitrogens with zero attached hydrogens (tertiary/aromatic N) is 1. The number of amides is 3. The molecule has 0 heterocycles. The van der Waals surface area contributed by atoms with Gasteiger partial charge in [0.05, 0.1) is 10.6 Å². The van der Waals surface area contributed by atoms with Crippen molar-refractivity contribution in [3.8, 4) is 11.1 Å². The molecule has 0 radical (unpaired) electrons. The smallest absolute Gasteiger partial charge is 0.410 e. The summed E-state index contributed by atoms with van der Waals surface area (Å²) in [7, 11) is 1.42. The van der Waals surface area contributed by atoms with Crippen molar-refractivity contribution >= 4 is 35.5 Å². The molecule has 0 fully saturated rings. The van der Waals surface area contributed by atoms with Crippen LogP contribution in [0.3, 0.4) is 0 Å². The summed E-state index contributed by atoms with van der Waals surface area (Å²) in [5.74, 6) is -1.90. The first-order chi connectivity index (χ1) is 19.8. The van der Waals surface area contributed by atoms with Crippen LogP contribution in [0, 0.1) is 6.92 Å². The molecule has 3 amide bonds. The minimum Gasteiger partial charge on any atom is -0.459 e. The second-order valence-corrected chi connectivity index (χ2v) is 11.2. The van der Waals surface area contributed by atoms with Crippen LogP contribution < -0.4 is 10.6 Å². The lowest BCUT2D eigenvalue weighted by Crippen LogP contribution is -2.51. The lowest BCUT2D eigenvalue weighted by atomic mass is 9.99. The van der Waals surface area contributed by atoms with Crippen LogP contribution in [0.4, 0.5) is 4.79 Å². The van der Waals surface area contributed by atoms with Crippen LogP contribution in [-0.2, 0) is 25.7 Å². The lowest BCUT2D eigenvalue weighted by Gasteiger charge is -2.24. The van der Waals surface area contributed by atoms with Gasteiger partial charge in [-0.25, -0.2) is 9.59 Å². The van der Waals surface area contributed by atoms with Crippen molar-refractivity contribution in [1.82, 2.24) is 15.5 Å². The van der Waals surface area contributed by atoms with E-state index in [9.17, 15) is 19.2 Å². The number of likely N-dealkylation sites (N-methyl/N-ethyl adjacent to an activating group) is 1. The predicted molar refractivity (Wildman–Crippen MR) is 161 cm³/mol. The third-order valence-electron chi connectivity index (χ3n) is 6.02. The summed E-state index contributed by atoms with van der Waals surface area (Å²) >= 11 is 6.55. The van der Waals surface area contributed by atoms with Crippen LogP contribution in [0.2, 0.25) is 5.02 Å². The van der Waals surface area contributed by atoms with Gasteiger partial charge in [-0.1, -0.05) is 78.3 Å². The number of esters is 1. The maximum Gasteiger partial charge on any atom is 0.410 e. The number of aryl methyl sites for hydroxylation is 1. The second-order valence-electron chi connectivity index (χ2n) is 10.8. The average Bonchev–Trinajstić information content (AvgIpc) is 2.93. The maximum absolute atomic E-state index is 13.4. The molecule has 42 heavy (non-hydrogen) atoms. The number of ether oxygens (including phenoxy) is 2. The SMILES string of the molecule is Cc1cc(-c2ccccc2)cc(Cl)c1C(=O)N[C@@H](CNC(=O)CN(C)C(=O)OC(C)(C)C)C(=O)OCc1ccccc1. The zero-order valence-electron chi connectivity index (χ0n) is 24.4. The molecule has 0 aromatic heterocycles. The van der Waals surface area contributed by atoms with Crippen LogP contribution in [0.5, 0.6) is 0 Å². The fourth-order valence-corrected chi connectivity index (χ4v) is 4.33. The Morgan fingerprint density at radius 3 is 2.14 bits per heavy atom. The fraction of sp³-hybridized carbons (Fsp3) is 0.312. The van der Waals surface area contributed by atoms with E-state index in [4.69, 9.17) is 21.1 Å². The molecule has 0 bridgehead atoms. The summed E-state index contributed by atoms with van der Waals surface area (Å²) in [6.07, 6.45) is -0.672. The van der Waals surface area contributed by atoms with Crippen LogP contribution in [-0.4, -0.2) is 60.6 Å². The highest BCUT2D eigenvalue weighted by Crippen LogP contribution is 2.28. The summed E-state index contributed by atoms with van der Waals surface area (Å²) in [4.78, 5) is 52.4. The first-order valence-electron chi connectivity index (χ1n) is 13.4. The van der Waals surface area contributed by atoms with Crippen molar-refractivity contribution in [1.29, 1.82) is 0 Å². The quantitative estimate of drug-likeness (QED) is 0.315. The number of halogens is 1. The van der Waals surface area contributed by atoms with Gasteiger partial charge in [0.2, 0.25) is 5.91 Å². The topological polar surface area (TPSA) is 114 Å². The highest BCUT2D eigenvalue weighted by atomic mass is 35.5. The Balaban J connectivity index is 1.73. The minimum atomic E-state index is -1.23. The number of hydrogen-bond acceptors (Lipinski definition) is 6. The molecule has 3 aromatic rings. The van der Waals surface area contributed by atoms with Gasteiger partial charge in [0.1, 0.15) is 24.8 Å². The Morgan fingerprint density at radius 1 is 0.929 bits per heavy atom. The van der Waals surface area contributed by atoms with Crippen LogP contribution in [0.25, 0.3) is 11.1 Å². The lowest BCUT2D eigenvalue weighted by molar-refractivity contribution is -0.147. The third kappa shape index (κ3) is 9.62. The van der Waals surface area contributed by atoms with Gasteiger partial charge in [0.15, 0.2) is 0 Å². The van der Waals surface area contributed by atoms with E-state index in [0.29, 0.717) is 5.56 Å². The normalized spacial score (nSPS) is 11.7. The molecule has 0 saturated carbocycles. The number of hydrogen-bond donors (Lipinski definition) is 2. The summed E-state index contributed by atoms with van der Waals surface area (Å²) in [6.45, 7) is 6.29. The van der Waals surface area contributed by atoms with E-state index in [1.54, 1.807) is 45.9 Å². The van der Waals surface area contributed by atoms with Gasteiger partial charge in [-0.15, -0.1) is 0 Å². The molecule has 0 aliphatic heterocycles. The van der Waals surface area contributed by atoms with Crippen LogP contribution in [0.1, 0.15) is 42.3 Å². The molecule has 222 valence electrons. The van der Waals surface area contributed by atoms with Gasteiger partial charge < -0.3 is 25.0 Å². The van der Waals surface area contributed by atoms with Crippen molar-refractivity contribution in [2.75, 3.05) is 20.1 Å². The van der Waals surface area contributed by atoms with Gasteiger partial charge in [-0.05, 0) is 56.0 Å². The molecule has 3 rings (SSSR count). The molecule has 2 N–H and O–H groups in total. The highest BCUT2D eigenvalue weighted by molar-refractivity contribution is 6.34. The monoisotopic (exact) mass is 593 g/mol. The molecule has 3 aromatic carbocycles. The largest absolute Gasteiger partial charge is 0.459 e. The first-order valence-corrected chi connectivity index (χ1v) is 13.8. The number of nitrogens with one attached hydrogen (secondary N) is 2. The molecular formula is C32H36ClN3O6. The number of carbonyl (C=O) groups is 4. The Morgan fingerprint density at radius 2 is 1.55 bits per heavy atom. The summed E-state index contributed by atoms with van der Waals surface area (Å²) in [6, 6.07) is 21.0. The van der Waals surface area contributed by atoms with Gasteiger partial charge in [-0.2, -0.15) is 0 Å². The summed E-state index contributed by atoms with van der Waals surface area (Å²) in [5, 5.41) is 5.46. The summed E-state index contributed by atoms with van der Waals surface area (Å²) < 4.78 is 10.7. The molecule has 1 atom stereocenters. The molecule has 10 heteroatoms. The van der Waals surface area contributed by atoms with Gasteiger partial charge in [-0.3, -0.25) is 9.59 Å². The standard InChI is InChI=1S/C32H36ClN3O6/c1-21-16-24(23-14-10-7-11-15-23)17-25(33)28(21)29(38)35-26(30(39)41-20-22-12-8-6-9-13-22)18-34-27(37)19-36(5)31(40)42-32(2,3)4/h6-17,26H,18-20H2,1-5H3,(H,34,37)(H,35,38)/t26-/m0/s1. The van der Waals surface area contributed by atoms with Crippen molar-refractivity contribution in [2.24, 2.45) is 0 Å². The molecule has 9 nitrogen and oxygen atoms in total. The third-order valence-corrected chi connectivity index (χ3v) is 6.32. The van der Waals surface area contributed by atoms with Gasteiger partial charge in [0, 0.05) is 13.6 Å². The van der Waals surface area contributed by atoms with Crippen LogP contribution in [0.15, 0.2) is 72.8 Å². The molecule has 0 unspecified atom stereocenters. The van der Waals surface area contributed by atoms with Crippen LogP contribution >= 0.6 is 11.6 Å². The van der Waals surface area contributed by atoms with E-state index in [2.05, 4.69) is 10.6 Å². The van der Waals surface area contributed by atoms with E-state index in [-0.39, 0.29) is 30.3 Å². The zero-order chi connectivity index (χ0) is 30.9.